The molecule has 1 aromatic carbocycles. The number of carbonyl (C=O) groups excluding carboxylic acids is 1. The highest BCUT2D eigenvalue weighted by molar-refractivity contribution is 9.10. The summed E-state index contributed by atoms with van der Waals surface area (Å²) in [5, 5.41) is -0.381. The molecule has 0 amide bonds. The van der Waals surface area contributed by atoms with E-state index in [1.54, 1.807) is 0 Å². The molecule has 2 rings (SSSR count). The first-order valence-corrected chi connectivity index (χ1v) is 7.07. The van der Waals surface area contributed by atoms with Crippen LogP contribution in [0.1, 0.15) is 21.6 Å². The number of rotatable bonds is 4. The zero-order chi connectivity index (χ0) is 16.3. The standard InChI is InChI=1S/C14H8BrClF3NO2/c15-9-4-13(12(6-21)20-5-9)22-7-8-1-2-11(16)10(3-8)14(17,18)19/h1-6H,7H2. The van der Waals surface area contributed by atoms with Crippen LogP contribution in [0.3, 0.4) is 0 Å². The Kier molecular flexibility index (Phi) is 5.08. The topological polar surface area (TPSA) is 39.2 Å². The van der Waals surface area contributed by atoms with Gasteiger partial charge in [-0.25, -0.2) is 4.98 Å². The van der Waals surface area contributed by atoms with E-state index in [9.17, 15) is 18.0 Å². The van der Waals surface area contributed by atoms with Gasteiger partial charge in [0.15, 0.2) is 6.29 Å². The number of alkyl halides is 3. The molecule has 8 heteroatoms. The van der Waals surface area contributed by atoms with Crippen LogP contribution in [-0.4, -0.2) is 11.3 Å². The van der Waals surface area contributed by atoms with Crippen molar-refractivity contribution in [2.75, 3.05) is 0 Å². The SMILES string of the molecule is O=Cc1ncc(Br)cc1OCc1ccc(Cl)c(C(F)(F)F)c1. The number of aldehydes is 1. The number of benzene rings is 1. The minimum absolute atomic E-state index is 0.0632. The van der Waals surface area contributed by atoms with Crippen molar-refractivity contribution in [3.8, 4) is 5.75 Å². The summed E-state index contributed by atoms with van der Waals surface area (Å²) >= 11 is 8.72. The lowest BCUT2D eigenvalue weighted by molar-refractivity contribution is -0.137. The lowest BCUT2D eigenvalue weighted by atomic mass is 10.1. The molecule has 0 fully saturated rings. The third kappa shape index (κ3) is 3.98. The van der Waals surface area contributed by atoms with Gasteiger partial charge in [-0.1, -0.05) is 17.7 Å². The first-order chi connectivity index (χ1) is 10.3. The second-order valence-electron chi connectivity index (χ2n) is 4.26. The van der Waals surface area contributed by atoms with E-state index in [1.165, 1.54) is 18.3 Å². The molecule has 0 aliphatic carbocycles. The van der Waals surface area contributed by atoms with E-state index in [1.807, 2.05) is 0 Å². The molecule has 0 bridgehead atoms. The summed E-state index contributed by atoms with van der Waals surface area (Å²) in [6.07, 6.45) is -2.62. The van der Waals surface area contributed by atoms with Crippen LogP contribution in [0.2, 0.25) is 5.02 Å². The van der Waals surface area contributed by atoms with Crippen LogP contribution in [0.4, 0.5) is 13.2 Å². The largest absolute Gasteiger partial charge is 0.486 e. The maximum atomic E-state index is 12.8. The summed E-state index contributed by atoms with van der Waals surface area (Å²) in [6, 6.07) is 5.00. The zero-order valence-corrected chi connectivity index (χ0v) is 13.2. The van der Waals surface area contributed by atoms with Crippen molar-refractivity contribution in [2.24, 2.45) is 0 Å². The van der Waals surface area contributed by atoms with E-state index < -0.39 is 11.7 Å². The van der Waals surface area contributed by atoms with Crippen molar-refractivity contribution in [3.63, 3.8) is 0 Å². The molecule has 0 radical (unpaired) electrons. The number of halogens is 5. The third-order valence-corrected chi connectivity index (χ3v) is 3.45. The number of pyridine rings is 1. The molecule has 0 atom stereocenters. The van der Waals surface area contributed by atoms with Gasteiger partial charge in [-0.2, -0.15) is 13.2 Å². The number of carbonyl (C=O) groups is 1. The third-order valence-electron chi connectivity index (χ3n) is 2.69. The first-order valence-electron chi connectivity index (χ1n) is 5.90. The minimum Gasteiger partial charge on any atom is -0.486 e. The molecule has 0 N–H and O–H groups in total. The average molecular weight is 395 g/mol. The van der Waals surface area contributed by atoms with Gasteiger partial charge >= 0.3 is 6.18 Å². The Bertz CT molecular complexity index is 707. The fraction of sp³-hybridized carbons (Fsp3) is 0.143. The predicted molar refractivity (Wildman–Crippen MR) is 78.1 cm³/mol. The van der Waals surface area contributed by atoms with E-state index in [2.05, 4.69) is 20.9 Å². The molecule has 0 unspecified atom stereocenters. The highest BCUT2D eigenvalue weighted by atomic mass is 79.9. The lowest BCUT2D eigenvalue weighted by Gasteiger charge is -2.12. The molecule has 0 spiro atoms. The van der Waals surface area contributed by atoms with Crippen LogP contribution in [0, 0.1) is 0 Å². The van der Waals surface area contributed by atoms with Gasteiger partial charge < -0.3 is 4.74 Å². The van der Waals surface area contributed by atoms with Gasteiger partial charge in [0, 0.05) is 10.7 Å². The number of hydrogen-bond donors (Lipinski definition) is 0. The lowest BCUT2D eigenvalue weighted by Crippen LogP contribution is -2.07. The molecule has 0 aliphatic rings. The van der Waals surface area contributed by atoms with E-state index in [0.717, 1.165) is 12.1 Å². The molecule has 0 aliphatic heterocycles. The van der Waals surface area contributed by atoms with Crippen molar-refractivity contribution in [3.05, 3.63) is 56.8 Å². The highest BCUT2D eigenvalue weighted by Gasteiger charge is 2.33. The van der Waals surface area contributed by atoms with E-state index >= 15 is 0 Å². The Morgan fingerprint density at radius 3 is 2.68 bits per heavy atom. The van der Waals surface area contributed by atoms with Gasteiger partial charge in [0.25, 0.3) is 0 Å². The van der Waals surface area contributed by atoms with Gasteiger partial charge in [-0.05, 0) is 39.7 Å². The first kappa shape index (κ1) is 16.8. The normalized spacial score (nSPS) is 11.3. The van der Waals surface area contributed by atoms with E-state index in [-0.39, 0.29) is 28.6 Å². The predicted octanol–water partition coefficient (Wildman–Crippen LogP) is 4.91. The van der Waals surface area contributed by atoms with Crippen LogP contribution in [-0.2, 0) is 12.8 Å². The molecule has 0 saturated carbocycles. The molecule has 1 heterocycles. The van der Waals surface area contributed by atoms with Gasteiger partial charge in [0.1, 0.15) is 18.1 Å². The summed E-state index contributed by atoms with van der Waals surface area (Å²) in [6.45, 7) is -0.154. The fourth-order valence-corrected chi connectivity index (χ4v) is 2.21. The van der Waals surface area contributed by atoms with Crippen molar-refractivity contribution in [1.29, 1.82) is 0 Å². The Balaban J connectivity index is 2.22. The van der Waals surface area contributed by atoms with Crippen LogP contribution < -0.4 is 4.74 Å². The van der Waals surface area contributed by atoms with Crippen molar-refractivity contribution >= 4 is 33.8 Å². The van der Waals surface area contributed by atoms with E-state index in [4.69, 9.17) is 16.3 Å². The molecule has 2 aromatic rings. The Morgan fingerprint density at radius 2 is 2.05 bits per heavy atom. The average Bonchev–Trinajstić information content (AvgIpc) is 2.45. The molecule has 22 heavy (non-hydrogen) atoms. The second kappa shape index (κ2) is 6.66. The molecule has 116 valence electrons. The summed E-state index contributed by atoms with van der Waals surface area (Å²) in [4.78, 5) is 14.7. The van der Waals surface area contributed by atoms with E-state index in [0.29, 0.717) is 10.8 Å². The number of hydrogen-bond acceptors (Lipinski definition) is 3. The fourth-order valence-electron chi connectivity index (χ4n) is 1.68. The summed E-state index contributed by atoms with van der Waals surface area (Å²) in [7, 11) is 0. The Hall–Kier alpha value is -1.60. The van der Waals surface area contributed by atoms with Crippen LogP contribution >= 0.6 is 27.5 Å². The quantitative estimate of drug-likeness (QED) is 0.692. The Labute approximate surface area is 137 Å². The molecular formula is C14H8BrClF3NO2. The van der Waals surface area contributed by atoms with Crippen LogP contribution in [0.15, 0.2) is 34.9 Å². The smallest absolute Gasteiger partial charge is 0.417 e. The van der Waals surface area contributed by atoms with Crippen molar-refractivity contribution < 1.29 is 22.7 Å². The monoisotopic (exact) mass is 393 g/mol. The Morgan fingerprint density at radius 1 is 1.32 bits per heavy atom. The summed E-state index contributed by atoms with van der Waals surface area (Å²) < 4.78 is 44.3. The van der Waals surface area contributed by atoms with Crippen LogP contribution in [0.5, 0.6) is 5.75 Å². The summed E-state index contributed by atoms with van der Waals surface area (Å²) in [5.41, 5.74) is -0.597. The maximum absolute atomic E-state index is 12.8. The molecule has 1 aromatic heterocycles. The van der Waals surface area contributed by atoms with Gasteiger partial charge in [0.2, 0.25) is 0 Å². The number of ether oxygens (including phenoxy) is 1. The van der Waals surface area contributed by atoms with Gasteiger partial charge in [-0.15, -0.1) is 0 Å². The highest BCUT2D eigenvalue weighted by Crippen LogP contribution is 2.35. The second-order valence-corrected chi connectivity index (χ2v) is 5.58. The molecule has 0 saturated heterocycles. The number of aromatic nitrogens is 1. The van der Waals surface area contributed by atoms with Gasteiger partial charge in [0.05, 0.1) is 10.6 Å². The van der Waals surface area contributed by atoms with Crippen LogP contribution in [0.25, 0.3) is 0 Å². The molecular weight excluding hydrogens is 387 g/mol. The maximum Gasteiger partial charge on any atom is 0.417 e. The molecule has 3 nitrogen and oxygen atoms in total. The van der Waals surface area contributed by atoms with Crippen molar-refractivity contribution in [1.82, 2.24) is 4.98 Å². The summed E-state index contributed by atoms with van der Waals surface area (Å²) in [5.74, 6) is 0.174. The minimum atomic E-state index is -4.54. The van der Waals surface area contributed by atoms with Crippen molar-refractivity contribution in [2.45, 2.75) is 12.8 Å². The zero-order valence-electron chi connectivity index (χ0n) is 10.8. The van der Waals surface area contributed by atoms with Gasteiger partial charge in [-0.3, -0.25) is 4.79 Å². The number of nitrogens with zero attached hydrogens (tertiary/aromatic N) is 1.